The Morgan fingerprint density at radius 1 is 0.581 bits per heavy atom. The fraction of sp³-hybridized carbons (Fsp3) is 0.429. The van der Waals surface area contributed by atoms with Crippen molar-refractivity contribution >= 4 is 0 Å². The molecule has 0 aliphatic rings. The molecule has 0 saturated heterocycles. The van der Waals surface area contributed by atoms with Crippen molar-refractivity contribution < 1.29 is 9.47 Å². The molecule has 1 N–H and O–H groups in total. The summed E-state index contributed by atoms with van der Waals surface area (Å²) in [4.78, 5) is 0. The Morgan fingerprint density at radius 2 is 0.968 bits per heavy atom. The highest BCUT2D eigenvalue weighted by Crippen LogP contribution is 2.09. The predicted octanol–water partition coefficient (Wildman–Crippen LogP) is 5.62. The van der Waals surface area contributed by atoms with Gasteiger partial charge in [-0.05, 0) is 47.9 Å². The average molecular weight is 418 g/mol. The van der Waals surface area contributed by atoms with Gasteiger partial charge in [-0.3, -0.25) is 0 Å². The van der Waals surface area contributed by atoms with Gasteiger partial charge in [0.2, 0.25) is 0 Å². The first-order valence-corrected chi connectivity index (χ1v) is 11.2. The van der Waals surface area contributed by atoms with Crippen molar-refractivity contribution in [2.24, 2.45) is 0 Å². The summed E-state index contributed by atoms with van der Waals surface area (Å²) in [7, 11) is 0. The summed E-state index contributed by atoms with van der Waals surface area (Å²) < 4.78 is 11.4. The molecule has 0 spiro atoms. The lowest BCUT2D eigenvalue weighted by atomic mass is 10.1. The molecular weight excluding hydrogens is 382 g/mol. The van der Waals surface area contributed by atoms with E-state index in [9.17, 15) is 0 Å². The van der Waals surface area contributed by atoms with Crippen molar-refractivity contribution in [3.8, 4) is 24.7 Å². The zero-order chi connectivity index (χ0) is 22.0. The van der Waals surface area contributed by atoms with Crippen LogP contribution >= 0.6 is 0 Å². The first-order chi connectivity index (χ1) is 15.3. The summed E-state index contributed by atoms with van der Waals surface area (Å²) >= 11 is 0. The van der Waals surface area contributed by atoms with Gasteiger partial charge < -0.3 is 14.8 Å². The standard InChI is InChI=1S/C28H35NO2/c1-3-5-7-9-19-30-23-27-15-11-25(12-16-27)21-29-22-26-13-17-28(18-14-26)24-31-20-10-8-6-4-2/h1-2,11-18,29H,5-10,19-24H2. The summed E-state index contributed by atoms with van der Waals surface area (Å²) in [5, 5.41) is 3.51. The van der Waals surface area contributed by atoms with E-state index < -0.39 is 0 Å². The topological polar surface area (TPSA) is 30.5 Å². The Labute approximate surface area is 188 Å². The molecule has 3 heteroatoms. The highest BCUT2D eigenvalue weighted by molar-refractivity contribution is 5.23. The molecule has 3 nitrogen and oxygen atoms in total. The minimum Gasteiger partial charge on any atom is -0.377 e. The van der Waals surface area contributed by atoms with Gasteiger partial charge in [0.25, 0.3) is 0 Å². The van der Waals surface area contributed by atoms with E-state index in [0.717, 1.165) is 64.8 Å². The Hall–Kier alpha value is -2.56. The lowest BCUT2D eigenvalue weighted by Gasteiger charge is -2.08. The third kappa shape index (κ3) is 11.4. The maximum absolute atomic E-state index is 5.70. The van der Waals surface area contributed by atoms with Crippen LogP contribution in [0.5, 0.6) is 0 Å². The smallest absolute Gasteiger partial charge is 0.0716 e. The molecule has 0 unspecified atom stereocenters. The van der Waals surface area contributed by atoms with E-state index in [0.29, 0.717) is 13.2 Å². The molecule has 164 valence electrons. The molecule has 0 amide bonds. The maximum Gasteiger partial charge on any atom is 0.0716 e. The van der Waals surface area contributed by atoms with E-state index >= 15 is 0 Å². The SMILES string of the molecule is C#CCCCCOCc1ccc(CNCc2ccc(COCCCCC#C)cc2)cc1. The minimum absolute atomic E-state index is 0.657. The van der Waals surface area contributed by atoms with Crippen molar-refractivity contribution in [2.45, 2.75) is 64.8 Å². The molecule has 2 rings (SSSR count). The van der Waals surface area contributed by atoms with Crippen molar-refractivity contribution in [2.75, 3.05) is 13.2 Å². The quantitative estimate of drug-likeness (QED) is 0.284. The van der Waals surface area contributed by atoms with Crippen molar-refractivity contribution in [3.63, 3.8) is 0 Å². The molecule has 0 heterocycles. The summed E-state index contributed by atoms with van der Waals surface area (Å²) in [6.07, 6.45) is 16.3. The van der Waals surface area contributed by atoms with Crippen LogP contribution in [0, 0.1) is 24.7 Å². The number of unbranched alkanes of at least 4 members (excludes halogenated alkanes) is 4. The van der Waals surface area contributed by atoms with Crippen LogP contribution in [0.3, 0.4) is 0 Å². The van der Waals surface area contributed by atoms with Gasteiger partial charge in [-0.1, -0.05) is 48.5 Å². The third-order valence-electron chi connectivity index (χ3n) is 4.96. The van der Waals surface area contributed by atoms with Crippen LogP contribution in [0.15, 0.2) is 48.5 Å². The molecule has 0 aromatic heterocycles. The van der Waals surface area contributed by atoms with Crippen LogP contribution in [0.25, 0.3) is 0 Å². The summed E-state index contributed by atoms with van der Waals surface area (Å²) in [6.45, 7) is 4.53. The van der Waals surface area contributed by atoms with Crippen molar-refractivity contribution in [3.05, 3.63) is 70.8 Å². The van der Waals surface area contributed by atoms with E-state index in [1.165, 1.54) is 22.3 Å². The number of benzene rings is 2. The predicted molar refractivity (Wildman–Crippen MR) is 128 cm³/mol. The highest BCUT2D eigenvalue weighted by Gasteiger charge is 1.99. The van der Waals surface area contributed by atoms with Gasteiger partial charge in [-0.15, -0.1) is 24.7 Å². The second-order valence-corrected chi connectivity index (χ2v) is 7.66. The largest absolute Gasteiger partial charge is 0.377 e. The Bertz CT molecular complexity index is 727. The molecule has 0 fully saturated rings. The zero-order valence-corrected chi connectivity index (χ0v) is 18.6. The van der Waals surface area contributed by atoms with Gasteiger partial charge in [0.15, 0.2) is 0 Å². The first kappa shape index (κ1) is 24.7. The Kier molecular flexibility index (Phi) is 12.9. The van der Waals surface area contributed by atoms with Gasteiger partial charge in [-0.2, -0.15) is 0 Å². The molecule has 0 radical (unpaired) electrons. The minimum atomic E-state index is 0.657. The van der Waals surface area contributed by atoms with Crippen LogP contribution in [0.4, 0.5) is 0 Å². The summed E-state index contributed by atoms with van der Waals surface area (Å²) in [5.74, 6) is 5.31. The second kappa shape index (κ2) is 16.2. The number of ether oxygens (including phenoxy) is 2. The third-order valence-corrected chi connectivity index (χ3v) is 4.96. The maximum atomic E-state index is 5.70. The number of hydrogen-bond acceptors (Lipinski definition) is 3. The molecule has 0 atom stereocenters. The summed E-state index contributed by atoms with van der Waals surface area (Å²) in [5.41, 5.74) is 4.95. The van der Waals surface area contributed by atoms with E-state index in [2.05, 4.69) is 65.7 Å². The number of terminal acetylenes is 2. The van der Waals surface area contributed by atoms with Gasteiger partial charge in [0.05, 0.1) is 13.2 Å². The van der Waals surface area contributed by atoms with E-state index in [1.54, 1.807) is 0 Å². The van der Waals surface area contributed by atoms with Crippen LogP contribution in [-0.2, 0) is 35.8 Å². The lowest BCUT2D eigenvalue weighted by molar-refractivity contribution is 0.117. The van der Waals surface area contributed by atoms with Crippen molar-refractivity contribution in [1.82, 2.24) is 5.32 Å². The van der Waals surface area contributed by atoms with Crippen LogP contribution in [0.1, 0.15) is 60.8 Å². The fourth-order valence-corrected chi connectivity index (χ4v) is 3.10. The molecule has 0 bridgehead atoms. The average Bonchev–Trinajstić information content (AvgIpc) is 2.80. The number of rotatable bonds is 16. The van der Waals surface area contributed by atoms with E-state index in [1.807, 2.05) is 0 Å². The van der Waals surface area contributed by atoms with Crippen molar-refractivity contribution in [1.29, 1.82) is 0 Å². The second-order valence-electron chi connectivity index (χ2n) is 7.66. The number of hydrogen-bond donors (Lipinski definition) is 1. The highest BCUT2D eigenvalue weighted by atomic mass is 16.5. The monoisotopic (exact) mass is 417 g/mol. The Balaban J connectivity index is 1.59. The van der Waals surface area contributed by atoms with Gasteiger partial charge >= 0.3 is 0 Å². The van der Waals surface area contributed by atoms with Crippen LogP contribution in [0.2, 0.25) is 0 Å². The molecule has 2 aromatic carbocycles. The number of nitrogens with one attached hydrogen (secondary N) is 1. The fourth-order valence-electron chi connectivity index (χ4n) is 3.10. The van der Waals surface area contributed by atoms with E-state index in [4.69, 9.17) is 22.3 Å². The lowest BCUT2D eigenvalue weighted by Crippen LogP contribution is -2.12. The zero-order valence-electron chi connectivity index (χ0n) is 18.6. The van der Waals surface area contributed by atoms with Gasteiger partial charge in [0.1, 0.15) is 0 Å². The molecule has 2 aromatic rings. The van der Waals surface area contributed by atoms with Gasteiger partial charge in [-0.25, -0.2) is 0 Å². The molecular formula is C28H35NO2. The van der Waals surface area contributed by atoms with Gasteiger partial charge in [0, 0.05) is 39.1 Å². The molecule has 0 aliphatic heterocycles. The van der Waals surface area contributed by atoms with E-state index in [-0.39, 0.29) is 0 Å². The first-order valence-electron chi connectivity index (χ1n) is 11.2. The molecule has 0 saturated carbocycles. The molecule has 0 aliphatic carbocycles. The molecule has 31 heavy (non-hydrogen) atoms. The van der Waals surface area contributed by atoms with Crippen LogP contribution in [-0.4, -0.2) is 13.2 Å². The van der Waals surface area contributed by atoms with Crippen LogP contribution < -0.4 is 5.32 Å². The normalized spacial score (nSPS) is 10.5. The Morgan fingerprint density at radius 3 is 1.35 bits per heavy atom. The summed E-state index contributed by atoms with van der Waals surface area (Å²) in [6, 6.07) is 17.2.